The lowest BCUT2D eigenvalue weighted by Gasteiger charge is -2.22. The first-order valence-electron chi connectivity index (χ1n) is 6.84. The molecule has 1 amide bonds. The van der Waals surface area contributed by atoms with Crippen LogP contribution in [0.25, 0.3) is 10.1 Å². The Balaban J connectivity index is 2.21. The number of hydrogen-bond acceptors (Lipinski definition) is 4. The van der Waals surface area contributed by atoms with E-state index < -0.39 is 11.6 Å². The Hall–Kier alpha value is -1.72. The van der Waals surface area contributed by atoms with Crippen molar-refractivity contribution in [3.8, 4) is 0 Å². The van der Waals surface area contributed by atoms with Gasteiger partial charge in [-0.15, -0.1) is 11.3 Å². The lowest BCUT2D eigenvalue weighted by atomic mass is 10.00. The average Bonchev–Trinajstić information content (AvgIpc) is 2.80. The van der Waals surface area contributed by atoms with Gasteiger partial charge in [0.2, 0.25) is 5.91 Å². The fourth-order valence-electron chi connectivity index (χ4n) is 2.05. The number of carbonyl (C=O) groups excluding carboxylic acids is 2. The molecule has 1 atom stereocenters. The van der Waals surface area contributed by atoms with Crippen LogP contribution in [-0.2, 0) is 16.0 Å². The Morgan fingerprint density at radius 3 is 2.62 bits per heavy atom. The summed E-state index contributed by atoms with van der Waals surface area (Å²) in [6.07, 6.45) is 0.487. The number of rotatable bonds is 5. The van der Waals surface area contributed by atoms with Crippen LogP contribution in [0.4, 0.5) is 0 Å². The zero-order valence-electron chi connectivity index (χ0n) is 12.5. The van der Waals surface area contributed by atoms with Crippen molar-refractivity contribution in [3.05, 3.63) is 35.2 Å². The van der Waals surface area contributed by atoms with Crippen LogP contribution in [0.5, 0.6) is 0 Å². The number of ketones is 1. The summed E-state index contributed by atoms with van der Waals surface area (Å²) >= 11 is 1.64. The normalized spacial score (nSPS) is 13.1. The van der Waals surface area contributed by atoms with Crippen LogP contribution >= 0.6 is 11.3 Å². The molecule has 2 rings (SSSR count). The molecule has 3 N–H and O–H groups in total. The van der Waals surface area contributed by atoms with Crippen molar-refractivity contribution in [2.45, 2.75) is 38.8 Å². The molecule has 2 aromatic rings. The molecule has 0 unspecified atom stereocenters. The van der Waals surface area contributed by atoms with Gasteiger partial charge in [-0.3, -0.25) is 9.59 Å². The zero-order chi connectivity index (χ0) is 15.6. The van der Waals surface area contributed by atoms with E-state index in [9.17, 15) is 9.59 Å². The monoisotopic (exact) mass is 304 g/mol. The summed E-state index contributed by atoms with van der Waals surface area (Å²) < 4.78 is 1.18. The standard InChI is InChI=1S/C16H20N2O2S/c1-10(19)13(18-15(20)16(2,3)17)8-11-9-21-14-7-5-4-6-12(11)14/h4-7,9,13H,8,17H2,1-3H3,(H,18,20)/t13-/m1/s1. The van der Waals surface area contributed by atoms with Gasteiger partial charge in [0, 0.05) is 11.1 Å². The van der Waals surface area contributed by atoms with Crippen molar-refractivity contribution in [1.82, 2.24) is 5.32 Å². The number of benzene rings is 1. The third-order valence-corrected chi connectivity index (χ3v) is 4.38. The van der Waals surface area contributed by atoms with Crippen molar-refractivity contribution in [3.63, 3.8) is 0 Å². The van der Waals surface area contributed by atoms with Crippen molar-refractivity contribution >= 4 is 33.1 Å². The second-order valence-corrected chi connectivity index (χ2v) is 6.73. The van der Waals surface area contributed by atoms with E-state index in [0.717, 1.165) is 10.9 Å². The van der Waals surface area contributed by atoms with Gasteiger partial charge in [0.25, 0.3) is 0 Å². The molecular formula is C16H20N2O2S. The highest BCUT2D eigenvalue weighted by molar-refractivity contribution is 7.17. The molecule has 0 aliphatic rings. The van der Waals surface area contributed by atoms with Gasteiger partial charge >= 0.3 is 0 Å². The molecular weight excluding hydrogens is 284 g/mol. The van der Waals surface area contributed by atoms with E-state index >= 15 is 0 Å². The van der Waals surface area contributed by atoms with Gasteiger partial charge in [-0.2, -0.15) is 0 Å². The molecule has 0 saturated heterocycles. The first-order chi connectivity index (χ1) is 9.79. The Labute approximate surface area is 128 Å². The van der Waals surface area contributed by atoms with Gasteiger partial charge in [0.15, 0.2) is 5.78 Å². The predicted octanol–water partition coefficient (Wildman–Crippen LogP) is 2.25. The number of nitrogens with two attached hydrogens (primary N) is 1. The summed E-state index contributed by atoms with van der Waals surface area (Å²) in [5, 5.41) is 5.93. The molecule has 0 aliphatic heterocycles. The molecule has 0 aliphatic carbocycles. The second-order valence-electron chi connectivity index (χ2n) is 5.82. The van der Waals surface area contributed by atoms with E-state index in [-0.39, 0.29) is 11.7 Å². The molecule has 0 radical (unpaired) electrons. The lowest BCUT2D eigenvalue weighted by molar-refractivity contribution is -0.129. The fraction of sp³-hybridized carbons (Fsp3) is 0.375. The van der Waals surface area contributed by atoms with Gasteiger partial charge in [-0.25, -0.2) is 0 Å². The number of carbonyl (C=O) groups is 2. The molecule has 5 heteroatoms. The van der Waals surface area contributed by atoms with Crippen LogP contribution in [0.3, 0.4) is 0 Å². The molecule has 0 bridgehead atoms. The third kappa shape index (κ3) is 3.68. The summed E-state index contributed by atoms with van der Waals surface area (Å²) in [5.41, 5.74) is 5.85. The largest absolute Gasteiger partial charge is 0.344 e. The van der Waals surface area contributed by atoms with Crippen LogP contribution in [0.1, 0.15) is 26.3 Å². The number of thiophene rings is 1. The second kappa shape index (κ2) is 5.95. The topological polar surface area (TPSA) is 72.2 Å². The van der Waals surface area contributed by atoms with Crippen molar-refractivity contribution < 1.29 is 9.59 Å². The Bertz CT molecular complexity index is 670. The molecule has 0 spiro atoms. The predicted molar refractivity (Wildman–Crippen MR) is 86.4 cm³/mol. The maximum atomic E-state index is 12.0. The maximum absolute atomic E-state index is 12.0. The number of fused-ring (bicyclic) bond motifs is 1. The van der Waals surface area contributed by atoms with Crippen LogP contribution in [0.2, 0.25) is 0 Å². The van der Waals surface area contributed by atoms with Gasteiger partial charge < -0.3 is 11.1 Å². The van der Waals surface area contributed by atoms with E-state index in [0.29, 0.717) is 6.42 Å². The first-order valence-corrected chi connectivity index (χ1v) is 7.72. The van der Waals surface area contributed by atoms with E-state index in [1.54, 1.807) is 25.2 Å². The van der Waals surface area contributed by atoms with Gasteiger partial charge in [-0.1, -0.05) is 18.2 Å². The molecule has 1 aromatic carbocycles. The smallest absolute Gasteiger partial charge is 0.240 e. The number of nitrogens with one attached hydrogen (secondary N) is 1. The summed E-state index contributed by atoms with van der Waals surface area (Å²) in [6, 6.07) is 7.51. The van der Waals surface area contributed by atoms with Crippen molar-refractivity contribution in [2.75, 3.05) is 0 Å². The van der Waals surface area contributed by atoms with Gasteiger partial charge in [0.05, 0.1) is 11.6 Å². The van der Waals surface area contributed by atoms with Crippen LogP contribution in [0, 0.1) is 0 Å². The molecule has 1 heterocycles. The van der Waals surface area contributed by atoms with E-state index in [1.807, 2.05) is 29.6 Å². The average molecular weight is 304 g/mol. The quantitative estimate of drug-likeness (QED) is 0.890. The minimum absolute atomic E-state index is 0.0668. The number of hydrogen-bond donors (Lipinski definition) is 2. The maximum Gasteiger partial charge on any atom is 0.240 e. The van der Waals surface area contributed by atoms with Crippen LogP contribution in [0.15, 0.2) is 29.6 Å². The number of amides is 1. The highest BCUT2D eigenvalue weighted by atomic mass is 32.1. The molecule has 4 nitrogen and oxygen atoms in total. The highest BCUT2D eigenvalue weighted by Crippen LogP contribution is 2.26. The lowest BCUT2D eigenvalue weighted by Crippen LogP contribution is -2.54. The summed E-state index contributed by atoms with van der Waals surface area (Å²) in [4.78, 5) is 23.8. The zero-order valence-corrected chi connectivity index (χ0v) is 13.3. The van der Waals surface area contributed by atoms with E-state index in [4.69, 9.17) is 5.73 Å². The minimum atomic E-state index is -0.996. The minimum Gasteiger partial charge on any atom is -0.344 e. The Morgan fingerprint density at radius 1 is 1.33 bits per heavy atom. The van der Waals surface area contributed by atoms with E-state index in [2.05, 4.69) is 5.32 Å². The first kappa shape index (κ1) is 15.7. The molecule has 112 valence electrons. The van der Waals surface area contributed by atoms with Crippen LogP contribution in [-0.4, -0.2) is 23.3 Å². The Kier molecular flexibility index (Phi) is 4.44. The van der Waals surface area contributed by atoms with Crippen molar-refractivity contribution in [1.29, 1.82) is 0 Å². The SMILES string of the molecule is CC(=O)[C@@H](Cc1csc2ccccc12)NC(=O)C(C)(C)N. The third-order valence-electron chi connectivity index (χ3n) is 3.37. The van der Waals surface area contributed by atoms with Gasteiger partial charge in [-0.05, 0) is 43.2 Å². The van der Waals surface area contributed by atoms with Gasteiger partial charge in [0.1, 0.15) is 0 Å². The van der Waals surface area contributed by atoms with Crippen molar-refractivity contribution in [2.24, 2.45) is 5.73 Å². The summed E-state index contributed by atoms with van der Waals surface area (Å²) in [7, 11) is 0. The van der Waals surface area contributed by atoms with E-state index in [1.165, 1.54) is 11.6 Å². The summed E-state index contributed by atoms with van der Waals surface area (Å²) in [6.45, 7) is 4.74. The summed E-state index contributed by atoms with van der Waals surface area (Å²) in [5.74, 6) is -0.384. The molecule has 1 aromatic heterocycles. The molecule has 0 fully saturated rings. The van der Waals surface area contributed by atoms with Crippen LogP contribution < -0.4 is 11.1 Å². The number of Topliss-reactive ketones (excluding diaryl/α,β-unsaturated/α-hetero) is 1. The Morgan fingerprint density at radius 2 is 2.00 bits per heavy atom. The molecule has 21 heavy (non-hydrogen) atoms. The molecule has 0 saturated carbocycles. The highest BCUT2D eigenvalue weighted by Gasteiger charge is 2.27. The fourth-order valence-corrected chi connectivity index (χ4v) is 3.03.